The van der Waals surface area contributed by atoms with Crippen LogP contribution >= 0.6 is 0 Å². The number of aromatic nitrogens is 1. The third-order valence-electron chi connectivity index (χ3n) is 8.87. The summed E-state index contributed by atoms with van der Waals surface area (Å²) < 4.78 is 20.0. The summed E-state index contributed by atoms with van der Waals surface area (Å²) in [6, 6.07) is 18.1. The van der Waals surface area contributed by atoms with Crippen LogP contribution < -0.4 is 9.47 Å². The lowest BCUT2D eigenvalue weighted by Gasteiger charge is -2.40. The monoisotopic (exact) mass is 527 g/mol. The lowest BCUT2D eigenvalue weighted by atomic mass is 9.77. The minimum Gasteiger partial charge on any atom is -0.364 e. The van der Waals surface area contributed by atoms with Crippen LogP contribution in [0.25, 0.3) is 0 Å². The van der Waals surface area contributed by atoms with Crippen molar-refractivity contribution in [3.8, 4) is 0 Å². The number of anilines is 1. The van der Waals surface area contributed by atoms with Gasteiger partial charge in [0.05, 0.1) is 18.7 Å². The normalized spacial score (nSPS) is 17.9. The number of carbonyl (C=O) groups excluding carboxylic acids is 1. The van der Waals surface area contributed by atoms with Gasteiger partial charge in [-0.15, -0.1) is 4.57 Å². The van der Waals surface area contributed by atoms with E-state index in [0.717, 1.165) is 50.0 Å². The number of nitrogens with zero attached hydrogens (tertiary/aromatic N) is 2. The van der Waals surface area contributed by atoms with Crippen molar-refractivity contribution in [2.75, 3.05) is 11.4 Å². The summed E-state index contributed by atoms with van der Waals surface area (Å²) in [6.45, 7) is 15.6. The molecular formula is C35H44FN2O+. The second-order valence-electron chi connectivity index (χ2n) is 13.6. The smallest absolute Gasteiger partial charge is 0.364 e. The number of pyridine rings is 1. The van der Waals surface area contributed by atoms with Gasteiger partial charge in [-0.2, -0.15) is 0 Å². The molecule has 0 unspecified atom stereocenters. The maximum absolute atomic E-state index is 18.2. The van der Waals surface area contributed by atoms with Gasteiger partial charge in [0.1, 0.15) is 0 Å². The van der Waals surface area contributed by atoms with E-state index in [0.29, 0.717) is 11.1 Å². The van der Waals surface area contributed by atoms with Crippen LogP contribution in [-0.2, 0) is 29.3 Å². The van der Waals surface area contributed by atoms with E-state index >= 15 is 4.39 Å². The van der Waals surface area contributed by atoms with Crippen molar-refractivity contribution in [3.63, 3.8) is 0 Å². The van der Waals surface area contributed by atoms with E-state index < -0.39 is 5.67 Å². The first-order valence-electron chi connectivity index (χ1n) is 14.6. The zero-order valence-corrected chi connectivity index (χ0v) is 24.8. The van der Waals surface area contributed by atoms with Gasteiger partial charge in [-0.25, -0.2) is 9.18 Å². The standard InChI is InChI=1S/C35H44FN2O/c1-24(39)37-23-21-31(29-10-8-11-30(29)37)38-22-9-12-32(38)35(36,27-17-13-25(14-18-27)33(2,3)4)28-19-15-26(16-20-28)34(5,6)7/h13-21,23,32H,8-12,22H2,1-7H3/q+1/t32-/m0/s1. The van der Waals surface area contributed by atoms with E-state index in [1.807, 2.05) is 30.5 Å². The van der Waals surface area contributed by atoms with Crippen molar-refractivity contribution in [1.29, 1.82) is 0 Å². The SMILES string of the molecule is CC(=O)[n+]1ccc(N2CCC[C@H]2C(F)(c2ccc(C(C)(C)C)cc2)c2ccc(C(C)(C)C)cc2)c2c1CCC2. The van der Waals surface area contributed by atoms with E-state index in [-0.39, 0.29) is 22.8 Å². The van der Waals surface area contributed by atoms with Crippen molar-refractivity contribution in [1.82, 2.24) is 0 Å². The van der Waals surface area contributed by atoms with Gasteiger partial charge in [0.15, 0.2) is 17.6 Å². The number of alkyl halides is 1. The molecule has 0 saturated carbocycles. The average molecular weight is 528 g/mol. The highest BCUT2D eigenvalue weighted by Crippen LogP contribution is 2.47. The van der Waals surface area contributed by atoms with Gasteiger partial charge in [0.25, 0.3) is 0 Å². The minimum atomic E-state index is -1.68. The van der Waals surface area contributed by atoms with Crippen molar-refractivity contribution < 1.29 is 13.8 Å². The predicted octanol–water partition coefficient (Wildman–Crippen LogP) is 7.60. The van der Waals surface area contributed by atoms with Gasteiger partial charge in [0, 0.05) is 24.6 Å². The Hall–Kier alpha value is -3.01. The molecule has 0 radical (unpaired) electrons. The maximum atomic E-state index is 18.2. The van der Waals surface area contributed by atoms with Gasteiger partial charge in [-0.1, -0.05) is 90.1 Å². The Morgan fingerprint density at radius 2 is 1.31 bits per heavy atom. The second-order valence-corrected chi connectivity index (χ2v) is 13.6. The molecule has 3 nitrogen and oxygen atoms in total. The van der Waals surface area contributed by atoms with Gasteiger partial charge < -0.3 is 4.90 Å². The van der Waals surface area contributed by atoms with Crippen molar-refractivity contribution in [3.05, 3.63) is 94.3 Å². The highest BCUT2D eigenvalue weighted by atomic mass is 19.1. The lowest BCUT2D eigenvalue weighted by molar-refractivity contribution is -0.581. The molecule has 5 rings (SSSR count). The number of hydrogen-bond acceptors (Lipinski definition) is 2. The van der Waals surface area contributed by atoms with E-state index in [1.54, 1.807) is 11.5 Å². The van der Waals surface area contributed by atoms with Gasteiger partial charge in [-0.3, -0.25) is 0 Å². The van der Waals surface area contributed by atoms with E-state index in [4.69, 9.17) is 0 Å². The number of rotatable bonds is 4. The van der Waals surface area contributed by atoms with Crippen LogP contribution in [0.3, 0.4) is 0 Å². The molecule has 3 aromatic rings. The van der Waals surface area contributed by atoms with E-state index in [1.165, 1.54) is 16.7 Å². The van der Waals surface area contributed by atoms with Crippen LogP contribution in [0.1, 0.15) is 106 Å². The largest absolute Gasteiger partial charge is 0.389 e. The second kappa shape index (κ2) is 9.87. The fourth-order valence-corrected chi connectivity index (χ4v) is 6.61. The molecule has 2 aliphatic rings. The summed E-state index contributed by atoms with van der Waals surface area (Å²) in [5.41, 5.74) is 5.56. The first kappa shape index (κ1) is 27.6. The average Bonchev–Trinajstić information content (AvgIpc) is 3.57. The molecule has 0 N–H and O–H groups in total. The number of fused-ring (bicyclic) bond motifs is 1. The number of halogens is 1. The summed E-state index contributed by atoms with van der Waals surface area (Å²) in [5.74, 6) is 0.0374. The Bertz CT molecular complexity index is 1300. The molecular weight excluding hydrogens is 483 g/mol. The summed E-state index contributed by atoms with van der Waals surface area (Å²) in [4.78, 5) is 14.6. The fourth-order valence-electron chi connectivity index (χ4n) is 6.61. The lowest BCUT2D eigenvalue weighted by Crippen LogP contribution is -2.48. The molecule has 2 heterocycles. The molecule has 0 amide bonds. The van der Waals surface area contributed by atoms with Gasteiger partial charge in [0.2, 0.25) is 0 Å². The number of benzene rings is 2. The van der Waals surface area contributed by atoms with E-state index in [9.17, 15) is 4.79 Å². The summed E-state index contributed by atoms with van der Waals surface area (Å²) in [7, 11) is 0. The highest BCUT2D eigenvalue weighted by molar-refractivity contribution is 5.66. The van der Waals surface area contributed by atoms with Crippen molar-refractivity contribution >= 4 is 11.6 Å². The van der Waals surface area contributed by atoms with Crippen molar-refractivity contribution in [2.45, 2.75) is 103 Å². The molecule has 39 heavy (non-hydrogen) atoms. The molecule has 0 spiro atoms. The van der Waals surface area contributed by atoms with Crippen LogP contribution in [-0.4, -0.2) is 18.5 Å². The third kappa shape index (κ3) is 4.92. The molecule has 206 valence electrons. The third-order valence-corrected chi connectivity index (χ3v) is 8.87. The molecule has 1 aliphatic carbocycles. The van der Waals surface area contributed by atoms with Crippen LogP contribution in [0, 0.1) is 0 Å². The van der Waals surface area contributed by atoms with Gasteiger partial charge >= 0.3 is 5.91 Å². The molecule has 1 fully saturated rings. The van der Waals surface area contributed by atoms with Crippen LogP contribution in [0.5, 0.6) is 0 Å². The highest BCUT2D eigenvalue weighted by Gasteiger charge is 2.49. The Labute approximate surface area is 234 Å². The Morgan fingerprint density at radius 3 is 1.79 bits per heavy atom. The first-order chi connectivity index (χ1) is 18.3. The quantitative estimate of drug-likeness (QED) is 0.326. The van der Waals surface area contributed by atoms with Crippen LogP contribution in [0.4, 0.5) is 10.1 Å². The topological polar surface area (TPSA) is 24.2 Å². The van der Waals surface area contributed by atoms with Gasteiger partial charge in [-0.05, 0) is 58.8 Å². The Morgan fingerprint density at radius 1 is 0.795 bits per heavy atom. The fraction of sp³-hybridized carbons (Fsp3) is 0.486. The van der Waals surface area contributed by atoms with E-state index in [2.05, 4.69) is 76.8 Å². The number of hydrogen-bond donors (Lipinski definition) is 0. The van der Waals surface area contributed by atoms with Crippen LogP contribution in [0.2, 0.25) is 0 Å². The zero-order chi connectivity index (χ0) is 28.2. The molecule has 1 aliphatic heterocycles. The van der Waals surface area contributed by atoms with Crippen LogP contribution in [0.15, 0.2) is 60.8 Å². The summed E-state index contributed by atoms with van der Waals surface area (Å²) >= 11 is 0. The first-order valence-corrected chi connectivity index (χ1v) is 14.6. The zero-order valence-electron chi connectivity index (χ0n) is 24.8. The molecule has 1 atom stereocenters. The Kier molecular flexibility index (Phi) is 6.97. The summed E-state index contributed by atoms with van der Waals surface area (Å²) in [5, 5.41) is 0. The summed E-state index contributed by atoms with van der Waals surface area (Å²) in [6.07, 6.45) is 6.46. The molecule has 2 aromatic carbocycles. The molecule has 4 heteroatoms. The molecule has 1 saturated heterocycles. The van der Waals surface area contributed by atoms with Crippen molar-refractivity contribution in [2.24, 2.45) is 0 Å². The Balaban J connectivity index is 1.64. The molecule has 1 aromatic heterocycles. The number of carbonyl (C=O) groups is 1. The molecule has 0 bridgehead atoms. The maximum Gasteiger partial charge on any atom is 0.389 e. The minimum absolute atomic E-state index is 0.00192. The predicted molar refractivity (Wildman–Crippen MR) is 158 cm³/mol.